The number of rotatable bonds is 2. The van der Waals surface area contributed by atoms with Crippen LogP contribution in [0.1, 0.15) is 15.9 Å². The molecule has 2 rings (SSSR count). The molecule has 19 heavy (non-hydrogen) atoms. The first-order valence-electron chi connectivity index (χ1n) is 5.14. The molecule has 0 aliphatic rings. The third kappa shape index (κ3) is 2.77. The number of hydrogen-bond donors (Lipinski definition) is 1. The van der Waals surface area contributed by atoms with Gasteiger partial charge in [-0.3, -0.25) is 4.79 Å². The Balaban J connectivity index is 2.49. The van der Waals surface area contributed by atoms with Crippen molar-refractivity contribution in [2.75, 3.05) is 5.73 Å². The number of nitrogens with two attached hydrogens (primary N) is 1. The van der Waals surface area contributed by atoms with Crippen LogP contribution < -0.4 is 5.73 Å². The molecule has 0 unspecified atom stereocenters. The Morgan fingerprint density at radius 2 is 1.79 bits per heavy atom. The van der Waals surface area contributed by atoms with E-state index in [0.717, 1.165) is 12.1 Å². The second kappa shape index (κ2) is 5.27. The van der Waals surface area contributed by atoms with Gasteiger partial charge in [-0.25, -0.2) is 8.78 Å². The van der Waals surface area contributed by atoms with Crippen LogP contribution in [0.25, 0.3) is 0 Å². The van der Waals surface area contributed by atoms with E-state index in [9.17, 15) is 13.6 Å². The van der Waals surface area contributed by atoms with Crippen molar-refractivity contribution in [2.45, 2.75) is 0 Å². The summed E-state index contributed by atoms with van der Waals surface area (Å²) < 4.78 is 26.7. The molecule has 0 aliphatic heterocycles. The Bertz CT molecular complexity index is 676. The summed E-state index contributed by atoms with van der Waals surface area (Å²) in [6.07, 6.45) is 0. The number of carbonyl (C=O) groups is 1. The zero-order valence-electron chi connectivity index (χ0n) is 9.38. The predicted octanol–water partition coefficient (Wildman–Crippen LogP) is 4.19. The van der Waals surface area contributed by atoms with Crippen LogP contribution >= 0.6 is 27.5 Å². The van der Waals surface area contributed by atoms with Crippen molar-refractivity contribution in [2.24, 2.45) is 0 Å². The van der Waals surface area contributed by atoms with E-state index in [4.69, 9.17) is 17.3 Å². The Morgan fingerprint density at radius 1 is 1.16 bits per heavy atom. The molecular formula is C13H7BrClF2NO. The van der Waals surface area contributed by atoms with Crippen LogP contribution in [0.5, 0.6) is 0 Å². The number of benzene rings is 2. The van der Waals surface area contributed by atoms with Crippen LogP contribution in [0.2, 0.25) is 5.02 Å². The van der Waals surface area contributed by atoms with Gasteiger partial charge in [0.05, 0.1) is 5.02 Å². The van der Waals surface area contributed by atoms with E-state index < -0.39 is 17.4 Å². The maximum atomic E-state index is 13.2. The smallest absolute Gasteiger partial charge is 0.194 e. The van der Waals surface area contributed by atoms with Crippen molar-refractivity contribution in [1.82, 2.24) is 0 Å². The summed E-state index contributed by atoms with van der Waals surface area (Å²) in [5, 5.41) is -0.148. The monoisotopic (exact) mass is 345 g/mol. The van der Waals surface area contributed by atoms with Crippen molar-refractivity contribution in [3.63, 3.8) is 0 Å². The minimum atomic E-state index is -1.13. The minimum absolute atomic E-state index is 0.109. The highest BCUT2D eigenvalue weighted by molar-refractivity contribution is 9.10. The van der Waals surface area contributed by atoms with Crippen LogP contribution in [0.15, 0.2) is 34.8 Å². The number of nitrogen functional groups attached to an aromatic ring is 1. The van der Waals surface area contributed by atoms with Gasteiger partial charge in [-0.1, -0.05) is 11.6 Å². The van der Waals surface area contributed by atoms with E-state index in [1.165, 1.54) is 12.1 Å². The van der Waals surface area contributed by atoms with Gasteiger partial charge in [-0.05, 0) is 46.3 Å². The van der Waals surface area contributed by atoms with Crippen LogP contribution in [0.4, 0.5) is 14.5 Å². The third-order valence-corrected chi connectivity index (χ3v) is 3.55. The van der Waals surface area contributed by atoms with Gasteiger partial charge in [0.25, 0.3) is 0 Å². The zero-order chi connectivity index (χ0) is 14.2. The quantitative estimate of drug-likeness (QED) is 0.503. The van der Waals surface area contributed by atoms with E-state index in [-0.39, 0.29) is 16.1 Å². The predicted molar refractivity (Wildman–Crippen MR) is 73.4 cm³/mol. The summed E-state index contributed by atoms with van der Waals surface area (Å²) in [4.78, 5) is 12.1. The first-order valence-corrected chi connectivity index (χ1v) is 6.31. The molecule has 0 saturated carbocycles. The van der Waals surface area contributed by atoms with Crippen molar-refractivity contribution >= 4 is 39.0 Å². The highest BCUT2D eigenvalue weighted by Crippen LogP contribution is 2.26. The van der Waals surface area contributed by atoms with E-state index in [2.05, 4.69) is 15.9 Å². The lowest BCUT2D eigenvalue weighted by Crippen LogP contribution is -2.05. The van der Waals surface area contributed by atoms with Crippen molar-refractivity contribution in [3.05, 3.63) is 62.6 Å². The highest BCUT2D eigenvalue weighted by Gasteiger charge is 2.17. The van der Waals surface area contributed by atoms with Crippen LogP contribution in [0.3, 0.4) is 0 Å². The zero-order valence-corrected chi connectivity index (χ0v) is 11.7. The molecule has 0 amide bonds. The molecule has 0 spiro atoms. The molecule has 98 valence electrons. The topological polar surface area (TPSA) is 43.1 Å². The minimum Gasteiger partial charge on any atom is -0.398 e. The number of ketones is 1. The van der Waals surface area contributed by atoms with Gasteiger partial charge in [-0.2, -0.15) is 0 Å². The molecular weight excluding hydrogens is 340 g/mol. The van der Waals surface area contributed by atoms with Crippen molar-refractivity contribution in [3.8, 4) is 0 Å². The fourth-order valence-corrected chi connectivity index (χ4v) is 2.02. The average Bonchev–Trinajstić information content (AvgIpc) is 2.36. The lowest BCUT2D eigenvalue weighted by molar-refractivity contribution is 0.103. The molecule has 2 aromatic carbocycles. The summed E-state index contributed by atoms with van der Waals surface area (Å²) in [6.45, 7) is 0. The molecule has 0 aliphatic carbocycles. The lowest BCUT2D eigenvalue weighted by atomic mass is 10.0. The van der Waals surface area contributed by atoms with Crippen molar-refractivity contribution < 1.29 is 13.6 Å². The normalized spacial score (nSPS) is 10.5. The molecule has 2 N–H and O–H groups in total. The van der Waals surface area contributed by atoms with Gasteiger partial charge >= 0.3 is 0 Å². The average molecular weight is 347 g/mol. The third-order valence-electron chi connectivity index (χ3n) is 2.51. The Morgan fingerprint density at radius 3 is 2.42 bits per heavy atom. The van der Waals surface area contributed by atoms with Gasteiger partial charge in [0, 0.05) is 21.3 Å². The Hall–Kier alpha value is -1.46. The SMILES string of the molecule is Nc1cc(C(=O)c2cc(F)c(F)cc2Cl)ccc1Br. The lowest BCUT2D eigenvalue weighted by Gasteiger charge is -2.06. The summed E-state index contributed by atoms with van der Waals surface area (Å²) in [7, 11) is 0. The van der Waals surface area contributed by atoms with Gasteiger partial charge in [0.1, 0.15) is 0 Å². The summed E-state index contributed by atoms with van der Waals surface area (Å²) in [5.41, 5.74) is 6.16. The standard InChI is InChI=1S/C13H7BrClF2NO/c14-8-2-1-6(3-12(8)18)13(19)7-4-10(16)11(17)5-9(7)15/h1-5H,18H2. The molecule has 2 aromatic rings. The van der Waals surface area contributed by atoms with Gasteiger partial charge in [-0.15, -0.1) is 0 Å². The van der Waals surface area contributed by atoms with E-state index in [0.29, 0.717) is 10.2 Å². The van der Waals surface area contributed by atoms with Gasteiger partial charge < -0.3 is 5.73 Å². The largest absolute Gasteiger partial charge is 0.398 e. The Kier molecular flexibility index (Phi) is 3.87. The second-order valence-corrected chi connectivity index (χ2v) is 5.07. The number of carbonyl (C=O) groups excluding carboxylic acids is 1. The molecule has 0 fully saturated rings. The number of hydrogen-bond acceptors (Lipinski definition) is 2. The number of anilines is 1. The van der Waals surface area contributed by atoms with Crippen molar-refractivity contribution in [1.29, 1.82) is 0 Å². The summed E-state index contributed by atoms with van der Waals surface area (Å²) >= 11 is 8.95. The molecule has 0 heterocycles. The summed E-state index contributed by atoms with van der Waals surface area (Å²) in [6, 6.07) is 6.09. The Labute approximate surface area is 121 Å². The molecule has 0 saturated heterocycles. The van der Waals surface area contributed by atoms with Gasteiger partial charge in [0.15, 0.2) is 17.4 Å². The molecule has 0 aromatic heterocycles. The fourth-order valence-electron chi connectivity index (χ4n) is 1.54. The summed E-state index contributed by atoms with van der Waals surface area (Å²) in [5.74, 6) is -2.75. The molecule has 0 bridgehead atoms. The fraction of sp³-hybridized carbons (Fsp3) is 0. The first kappa shape index (κ1) is 14.0. The first-order chi connectivity index (χ1) is 8.90. The van der Waals surface area contributed by atoms with E-state index in [1.54, 1.807) is 6.07 Å². The maximum absolute atomic E-state index is 13.2. The van der Waals surface area contributed by atoms with Gasteiger partial charge in [0.2, 0.25) is 0 Å². The maximum Gasteiger partial charge on any atom is 0.194 e. The highest BCUT2D eigenvalue weighted by atomic mass is 79.9. The van der Waals surface area contributed by atoms with E-state index >= 15 is 0 Å². The van der Waals surface area contributed by atoms with Crippen LogP contribution in [-0.4, -0.2) is 5.78 Å². The molecule has 0 atom stereocenters. The number of halogens is 4. The van der Waals surface area contributed by atoms with Crippen LogP contribution in [0, 0.1) is 11.6 Å². The molecule has 0 radical (unpaired) electrons. The second-order valence-electron chi connectivity index (χ2n) is 3.81. The molecule has 2 nitrogen and oxygen atoms in total. The van der Waals surface area contributed by atoms with Crippen LogP contribution in [-0.2, 0) is 0 Å². The molecule has 6 heteroatoms. The van der Waals surface area contributed by atoms with E-state index in [1.807, 2.05) is 0 Å².